The maximum atomic E-state index is 13.4. The number of benzene rings is 2. The Kier molecular flexibility index (Phi) is 4.47. The fraction of sp³-hybridized carbons (Fsp3) is 0.143. The lowest BCUT2D eigenvalue weighted by molar-refractivity contribution is 0.546. The molecule has 0 aromatic heterocycles. The first-order valence-corrected chi connectivity index (χ1v) is 6.14. The summed E-state index contributed by atoms with van der Waals surface area (Å²) in [6.07, 6.45) is 0.415. The van der Waals surface area contributed by atoms with Gasteiger partial charge in [0.1, 0.15) is 11.6 Å². The monoisotopic (exact) mass is 282 g/mol. The van der Waals surface area contributed by atoms with Crippen molar-refractivity contribution in [2.75, 3.05) is 0 Å². The normalized spacial score (nSPS) is 12.4. The summed E-state index contributed by atoms with van der Waals surface area (Å²) in [4.78, 5) is 0. The molecule has 0 aliphatic rings. The summed E-state index contributed by atoms with van der Waals surface area (Å²) in [6, 6.07) is 10.3. The zero-order chi connectivity index (χ0) is 13.8. The Morgan fingerprint density at radius 1 is 1.11 bits per heavy atom. The molecule has 2 aromatic rings. The van der Waals surface area contributed by atoms with Crippen molar-refractivity contribution in [1.29, 1.82) is 0 Å². The molecule has 0 aliphatic carbocycles. The molecule has 0 aliphatic heterocycles. The van der Waals surface area contributed by atoms with Crippen molar-refractivity contribution in [3.05, 3.63) is 70.2 Å². The van der Waals surface area contributed by atoms with Gasteiger partial charge in [0.2, 0.25) is 0 Å². The van der Waals surface area contributed by atoms with Crippen LogP contribution in [0, 0.1) is 11.6 Å². The molecule has 100 valence electrons. The smallest absolute Gasteiger partial charge is 0.142 e. The van der Waals surface area contributed by atoms with Gasteiger partial charge in [-0.2, -0.15) is 0 Å². The Morgan fingerprint density at radius 2 is 1.79 bits per heavy atom. The first-order valence-electron chi connectivity index (χ1n) is 5.76. The van der Waals surface area contributed by atoms with Crippen LogP contribution < -0.4 is 11.3 Å². The summed E-state index contributed by atoms with van der Waals surface area (Å²) in [5, 5.41) is 0.0878. The van der Waals surface area contributed by atoms with Gasteiger partial charge < -0.3 is 0 Å². The van der Waals surface area contributed by atoms with E-state index in [2.05, 4.69) is 5.43 Å². The molecule has 0 bridgehead atoms. The van der Waals surface area contributed by atoms with Crippen LogP contribution in [0.3, 0.4) is 0 Å². The molecule has 0 saturated heterocycles. The minimum absolute atomic E-state index is 0.0878. The number of nitrogens with two attached hydrogens (primary N) is 1. The van der Waals surface area contributed by atoms with Gasteiger partial charge in [-0.1, -0.05) is 35.9 Å². The van der Waals surface area contributed by atoms with Crippen molar-refractivity contribution in [3.8, 4) is 0 Å². The van der Waals surface area contributed by atoms with E-state index in [1.807, 2.05) is 0 Å². The Morgan fingerprint density at radius 3 is 2.42 bits per heavy atom. The molecule has 2 rings (SSSR count). The third kappa shape index (κ3) is 3.29. The van der Waals surface area contributed by atoms with Crippen LogP contribution in [0.25, 0.3) is 0 Å². The minimum Gasteiger partial charge on any atom is -0.271 e. The zero-order valence-corrected chi connectivity index (χ0v) is 10.8. The van der Waals surface area contributed by atoms with Crippen molar-refractivity contribution < 1.29 is 8.78 Å². The van der Waals surface area contributed by atoms with Crippen LogP contribution in [-0.4, -0.2) is 0 Å². The van der Waals surface area contributed by atoms with Crippen LogP contribution in [0.5, 0.6) is 0 Å². The first-order chi connectivity index (χ1) is 9.11. The van der Waals surface area contributed by atoms with E-state index >= 15 is 0 Å². The van der Waals surface area contributed by atoms with E-state index in [-0.39, 0.29) is 16.9 Å². The topological polar surface area (TPSA) is 38.0 Å². The summed E-state index contributed by atoms with van der Waals surface area (Å²) in [6.45, 7) is 0. The van der Waals surface area contributed by atoms with Gasteiger partial charge in [-0.15, -0.1) is 0 Å². The molecular weight excluding hydrogens is 270 g/mol. The van der Waals surface area contributed by atoms with Crippen LogP contribution in [0.15, 0.2) is 42.5 Å². The number of hydrogen-bond acceptors (Lipinski definition) is 2. The lowest BCUT2D eigenvalue weighted by Gasteiger charge is -2.17. The summed E-state index contributed by atoms with van der Waals surface area (Å²) in [7, 11) is 0. The minimum atomic E-state index is -0.464. The largest absolute Gasteiger partial charge is 0.271 e. The Bertz CT molecular complexity index is 558. The van der Waals surface area contributed by atoms with Gasteiger partial charge in [0, 0.05) is 0 Å². The molecule has 0 heterocycles. The number of hydrogen-bond donors (Lipinski definition) is 2. The van der Waals surface area contributed by atoms with Gasteiger partial charge in [0.05, 0.1) is 11.1 Å². The number of rotatable bonds is 4. The quantitative estimate of drug-likeness (QED) is 0.666. The lowest BCUT2D eigenvalue weighted by Crippen LogP contribution is -2.29. The SMILES string of the molecule is NNC(Cc1cccc(F)c1Cl)c1ccc(F)cc1. The van der Waals surface area contributed by atoms with Crippen LogP contribution in [0.4, 0.5) is 8.78 Å². The van der Waals surface area contributed by atoms with Crippen molar-refractivity contribution in [2.45, 2.75) is 12.5 Å². The van der Waals surface area contributed by atoms with E-state index in [1.54, 1.807) is 24.3 Å². The Balaban J connectivity index is 2.24. The molecule has 0 saturated carbocycles. The molecule has 3 N–H and O–H groups in total. The van der Waals surface area contributed by atoms with Crippen LogP contribution in [0.1, 0.15) is 17.2 Å². The molecule has 0 fully saturated rings. The predicted molar refractivity (Wildman–Crippen MR) is 71.6 cm³/mol. The molecule has 0 radical (unpaired) electrons. The molecule has 1 unspecified atom stereocenters. The predicted octanol–water partition coefficient (Wildman–Crippen LogP) is 3.37. The van der Waals surface area contributed by atoms with E-state index in [0.717, 1.165) is 5.56 Å². The molecule has 5 heteroatoms. The van der Waals surface area contributed by atoms with E-state index in [4.69, 9.17) is 17.4 Å². The second-order valence-corrected chi connectivity index (χ2v) is 4.57. The zero-order valence-electron chi connectivity index (χ0n) is 10.0. The average Bonchev–Trinajstić information content (AvgIpc) is 2.42. The van der Waals surface area contributed by atoms with Crippen LogP contribution in [0.2, 0.25) is 5.02 Å². The molecule has 2 nitrogen and oxygen atoms in total. The highest BCUT2D eigenvalue weighted by Gasteiger charge is 2.14. The molecule has 2 aromatic carbocycles. The van der Waals surface area contributed by atoms with Crippen LogP contribution >= 0.6 is 11.6 Å². The highest BCUT2D eigenvalue weighted by atomic mass is 35.5. The fourth-order valence-corrected chi connectivity index (χ4v) is 2.10. The third-order valence-corrected chi connectivity index (χ3v) is 3.35. The summed E-state index contributed by atoms with van der Waals surface area (Å²) >= 11 is 5.90. The van der Waals surface area contributed by atoms with Crippen molar-refractivity contribution in [2.24, 2.45) is 5.84 Å². The summed E-state index contributed by atoms with van der Waals surface area (Å²) in [5.41, 5.74) is 4.09. The van der Waals surface area contributed by atoms with E-state index < -0.39 is 5.82 Å². The first kappa shape index (κ1) is 13.9. The van der Waals surface area contributed by atoms with E-state index in [0.29, 0.717) is 12.0 Å². The lowest BCUT2D eigenvalue weighted by atomic mass is 9.99. The van der Waals surface area contributed by atoms with Crippen molar-refractivity contribution in [3.63, 3.8) is 0 Å². The van der Waals surface area contributed by atoms with Gasteiger partial charge in [0.25, 0.3) is 0 Å². The Labute approximate surface area is 115 Å². The highest BCUT2D eigenvalue weighted by molar-refractivity contribution is 6.31. The number of hydrazine groups is 1. The van der Waals surface area contributed by atoms with Gasteiger partial charge >= 0.3 is 0 Å². The molecule has 0 amide bonds. The maximum absolute atomic E-state index is 13.4. The summed E-state index contributed by atoms with van der Waals surface area (Å²) < 4.78 is 26.2. The van der Waals surface area contributed by atoms with Crippen LogP contribution in [-0.2, 0) is 6.42 Å². The number of nitrogens with one attached hydrogen (secondary N) is 1. The average molecular weight is 283 g/mol. The second kappa shape index (κ2) is 6.10. The van der Waals surface area contributed by atoms with Crippen molar-refractivity contribution >= 4 is 11.6 Å². The van der Waals surface area contributed by atoms with Crippen molar-refractivity contribution in [1.82, 2.24) is 5.43 Å². The van der Waals surface area contributed by atoms with Gasteiger partial charge in [-0.25, -0.2) is 8.78 Å². The highest BCUT2D eigenvalue weighted by Crippen LogP contribution is 2.25. The maximum Gasteiger partial charge on any atom is 0.142 e. The number of halogens is 3. The standard InChI is InChI=1S/C14H13ClF2N2/c15-14-10(2-1-3-12(14)17)8-13(19-18)9-4-6-11(16)7-5-9/h1-7,13,19H,8,18H2. The summed E-state index contributed by atoms with van der Waals surface area (Å²) in [5.74, 6) is 4.72. The van der Waals surface area contributed by atoms with E-state index in [9.17, 15) is 8.78 Å². The van der Waals surface area contributed by atoms with Gasteiger partial charge in [0.15, 0.2) is 0 Å². The molecule has 0 spiro atoms. The third-order valence-electron chi connectivity index (χ3n) is 2.93. The fourth-order valence-electron chi connectivity index (χ4n) is 1.89. The molecular formula is C14H13ClF2N2. The second-order valence-electron chi connectivity index (χ2n) is 4.19. The van der Waals surface area contributed by atoms with Gasteiger partial charge in [-0.05, 0) is 35.7 Å². The Hall–Kier alpha value is -1.49. The van der Waals surface area contributed by atoms with E-state index in [1.165, 1.54) is 18.2 Å². The molecule has 19 heavy (non-hydrogen) atoms. The van der Waals surface area contributed by atoms with Gasteiger partial charge in [-0.3, -0.25) is 11.3 Å². The molecule has 1 atom stereocenters.